The van der Waals surface area contributed by atoms with Crippen molar-refractivity contribution in [3.05, 3.63) is 68.4 Å². The van der Waals surface area contributed by atoms with E-state index in [0.717, 1.165) is 24.0 Å². The summed E-state index contributed by atoms with van der Waals surface area (Å²) >= 11 is 3.56. The lowest BCUT2D eigenvalue weighted by Crippen LogP contribution is -2.42. The van der Waals surface area contributed by atoms with Crippen LogP contribution in [0.5, 0.6) is 0 Å². The Morgan fingerprint density at radius 2 is 2.19 bits per heavy atom. The van der Waals surface area contributed by atoms with Crippen molar-refractivity contribution < 1.29 is 9.53 Å². The molecule has 1 amide bonds. The van der Waals surface area contributed by atoms with Gasteiger partial charge in [-0.15, -0.1) is 0 Å². The van der Waals surface area contributed by atoms with Crippen molar-refractivity contribution in [2.24, 2.45) is 0 Å². The molecule has 2 atom stereocenters. The third-order valence-electron chi connectivity index (χ3n) is 5.58. The third kappa shape index (κ3) is 3.85. The molecule has 164 valence electrons. The number of aromatic nitrogens is 2. The molecule has 9 heteroatoms. The third-order valence-corrected chi connectivity index (χ3v) is 6.47. The number of aromatic amines is 1. The van der Waals surface area contributed by atoms with E-state index in [1.54, 1.807) is 17.2 Å². The first-order chi connectivity index (χ1) is 15.2. The molecule has 0 saturated carbocycles. The highest BCUT2D eigenvalue weighted by Gasteiger charge is 2.41. The van der Waals surface area contributed by atoms with Crippen molar-refractivity contribution in [3.8, 4) is 6.07 Å². The van der Waals surface area contributed by atoms with Gasteiger partial charge >= 0.3 is 6.09 Å². The number of nitrogens with zero attached hydrogens (tertiary/aromatic N) is 4. The van der Waals surface area contributed by atoms with Gasteiger partial charge in [0.2, 0.25) is 0 Å². The number of anilines is 1. The van der Waals surface area contributed by atoms with E-state index in [2.05, 4.69) is 42.4 Å². The first-order valence-electron chi connectivity index (χ1n) is 10.3. The Morgan fingerprint density at radius 3 is 2.88 bits per heavy atom. The van der Waals surface area contributed by atoms with Gasteiger partial charge in [0.1, 0.15) is 17.5 Å². The van der Waals surface area contributed by atoms with E-state index < -0.39 is 17.6 Å². The highest BCUT2D eigenvalue weighted by molar-refractivity contribution is 9.10. The predicted octanol–water partition coefficient (Wildman–Crippen LogP) is 5.13. The molecule has 8 nitrogen and oxygen atoms in total. The normalized spacial score (nSPS) is 20.2. The number of allylic oxidation sites excluding steroid dienone is 1. The number of benzene rings is 1. The zero-order chi connectivity index (χ0) is 23.0. The Kier molecular flexibility index (Phi) is 5.70. The van der Waals surface area contributed by atoms with Crippen molar-refractivity contribution in [2.45, 2.75) is 51.2 Å². The molecular weight excluding hydrogens is 472 g/mol. The fraction of sp³-hybridized carbons (Fsp3) is 0.391. The van der Waals surface area contributed by atoms with Crippen LogP contribution in [0, 0.1) is 17.9 Å². The minimum atomic E-state index is -0.608. The number of nitrogens with one attached hydrogen (secondary N) is 2. The number of hydrogen-bond acceptors (Lipinski definition) is 5. The summed E-state index contributed by atoms with van der Waals surface area (Å²) in [6.07, 6.45) is 2.84. The molecule has 0 aliphatic carbocycles. The number of ether oxygens (including phenoxy) is 1. The number of halogens is 1. The van der Waals surface area contributed by atoms with Crippen molar-refractivity contribution in [1.82, 2.24) is 15.1 Å². The number of hydrogen-bond donors (Lipinski definition) is 2. The molecule has 0 spiro atoms. The Hall–Kier alpha value is -3.30. The van der Waals surface area contributed by atoms with E-state index in [0.29, 0.717) is 33.8 Å². The molecule has 1 saturated heterocycles. The van der Waals surface area contributed by atoms with Crippen molar-refractivity contribution in [2.75, 3.05) is 11.9 Å². The number of likely N-dealkylation sites (tertiary alicyclic amines) is 1. The van der Waals surface area contributed by atoms with Crippen LogP contribution in [0.4, 0.5) is 10.6 Å². The van der Waals surface area contributed by atoms with Crippen LogP contribution in [-0.2, 0) is 4.74 Å². The number of H-pyrrole nitrogens is 1. The lowest BCUT2D eigenvalue weighted by molar-refractivity contribution is 0.0249. The average molecular weight is 495 g/mol. The summed E-state index contributed by atoms with van der Waals surface area (Å²) in [7, 11) is 0. The predicted molar refractivity (Wildman–Crippen MR) is 123 cm³/mol. The molecule has 1 aromatic heterocycles. The van der Waals surface area contributed by atoms with E-state index in [1.165, 1.54) is 0 Å². The summed E-state index contributed by atoms with van der Waals surface area (Å²) in [4.78, 5) is 18.5. The summed E-state index contributed by atoms with van der Waals surface area (Å²) in [6.45, 7) is 14.1. The van der Waals surface area contributed by atoms with E-state index in [-0.39, 0.29) is 6.04 Å². The minimum Gasteiger partial charge on any atom is -0.444 e. The molecule has 4 rings (SSSR count). The van der Waals surface area contributed by atoms with Crippen molar-refractivity contribution in [3.63, 3.8) is 0 Å². The van der Waals surface area contributed by atoms with Crippen LogP contribution < -0.4 is 5.32 Å². The molecule has 2 aromatic rings. The van der Waals surface area contributed by atoms with E-state index in [1.807, 2.05) is 32.9 Å². The Bertz CT molecular complexity index is 1180. The number of nitriles is 1. The zero-order valence-electron chi connectivity index (χ0n) is 18.1. The molecule has 32 heavy (non-hydrogen) atoms. The maximum absolute atomic E-state index is 12.9. The van der Waals surface area contributed by atoms with Crippen LogP contribution in [0.3, 0.4) is 0 Å². The van der Waals surface area contributed by atoms with Gasteiger partial charge < -0.3 is 15.0 Å². The highest BCUT2D eigenvalue weighted by Crippen LogP contribution is 2.46. The number of amides is 1. The second-order valence-corrected chi connectivity index (χ2v) is 9.61. The van der Waals surface area contributed by atoms with Gasteiger partial charge in [0.25, 0.3) is 0 Å². The standard InChI is InChI=1S/C23H23BrN6O2/c1-23(2,3)32-22(31)30-10-6-9-16(30)19-20(26-4)17(15-12-27-29-21(15)28-19)14-8-5-7-13(11-25)18(14)24/h5,7-8,12,16-17H,6,9-10H2,1-3H3,(H2,27,28,29). The molecule has 0 radical (unpaired) electrons. The molecule has 2 N–H and O–H groups in total. The van der Waals surface area contributed by atoms with Crippen LogP contribution in [0.2, 0.25) is 0 Å². The molecule has 1 fully saturated rings. The monoisotopic (exact) mass is 494 g/mol. The molecular formula is C23H23BrN6O2. The smallest absolute Gasteiger partial charge is 0.410 e. The number of rotatable bonds is 2. The highest BCUT2D eigenvalue weighted by atomic mass is 79.9. The number of carbonyl (C=O) groups excluding carboxylic acids is 1. The van der Waals surface area contributed by atoms with E-state index in [4.69, 9.17) is 11.3 Å². The molecule has 2 aliphatic rings. The minimum absolute atomic E-state index is 0.314. The topological polar surface area (TPSA) is 98.4 Å². The lowest BCUT2D eigenvalue weighted by Gasteiger charge is -2.34. The maximum atomic E-state index is 12.9. The lowest BCUT2D eigenvalue weighted by atomic mass is 9.84. The maximum Gasteiger partial charge on any atom is 0.410 e. The van der Waals surface area contributed by atoms with Gasteiger partial charge in [0.15, 0.2) is 5.70 Å². The van der Waals surface area contributed by atoms with Crippen LogP contribution in [-0.4, -0.2) is 39.4 Å². The largest absolute Gasteiger partial charge is 0.444 e. The van der Waals surface area contributed by atoms with Gasteiger partial charge in [-0.3, -0.25) is 5.10 Å². The molecule has 3 heterocycles. The van der Waals surface area contributed by atoms with Gasteiger partial charge in [-0.25, -0.2) is 9.64 Å². The zero-order valence-corrected chi connectivity index (χ0v) is 19.7. The summed E-state index contributed by atoms with van der Waals surface area (Å²) in [5.41, 5.74) is 2.65. The van der Waals surface area contributed by atoms with E-state index >= 15 is 0 Å². The summed E-state index contributed by atoms with van der Waals surface area (Å²) < 4.78 is 6.27. The SMILES string of the molecule is [C-]#[N+]C1=C(C2CCCN2C(=O)OC(C)(C)C)Nc2[nH]ncc2C1c1cccc(C#N)c1Br. The fourth-order valence-corrected chi connectivity index (χ4v) is 4.86. The second kappa shape index (κ2) is 8.33. The fourth-order valence-electron chi connectivity index (χ4n) is 4.27. The number of fused-ring (bicyclic) bond motifs is 1. The molecule has 2 unspecified atom stereocenters. The molecule has 0 bridgehead atoms. The van der Waals surface area contributed by atoms with Crippen molar-refractivity contribution >= 4 is 27.8 Å². The second-order valence-electron chi connectivity index (χ2n) is 8.82. The quantitative estimate of drug-likeness (QED) is 0.563. The van der Waals surface area contributed by atoms with Crippen molar-refractivity contribution in [1.29, 1.82) is 5.26 Å². The van der Waals surface area contributed by atoms with Crippen LogP contribution >= 0.6 is 15.9 Å². The van der Waals surface area contributed by atoms with Gasteiger partial charge in [0, 0.05) is 22.3 Å². The summed E-state index contributed by atoms with van der Waals surface area (Å²) in [6, 6.07) is 7.32. The summed E-state index contributed by atoms with van der Waals surface area (Å²) in [5, 5.41) is 20.0. The van der Waals surface area contributed by atoms with Gasteiger partial charge in [-0.05, 0) is 61.2 Å². The number of carbonyl (C=O) groups is 1. The van der Waals surface area contributed by atoms with Crippen LogP contribution in [0.25, 0.3) is 4.85 Å². The van der Waals surface area contributed by atoms with Gasteiger partial charge in [-0.1, -0.05) is 12.1 Å². The van der Waals surface area contributed by atoms with Crippen LogP contribution in [0.15, 0.2) is 40.3 Å². The Balaban J connectivity index is 1.83. The summed E-state index contributed by atoms with van der Waals surface area (Å²) in [5.74, 6) is 0.254. The van der Waals surface area contributed by atoms with E-state index in [9.17, 15) is 10.1 Å². The Morgan fingerprint density at radius 1 is 1.41 bits per heavy atom. The van der Waals surface area contributed by atoms with Crippen LogP contribution in [0.1, 0.15) is 56.2 Å². The first kappa shape index (κ1) is 21.9. The first-order valence-corrected chi connectivity index (χ1v) is 11.1. The average Bonchev–Trinajstić information content (AvgIpc) is 3.40. The Labute approximate surface area is 195 Å². The molecule has 2 aliphatic heterocycles. The molecule has 1 aromatic carbocycles. The van der Waals surface area contributed by atoms with Gasteiger partial charge in [0.05, 0.1) is 30.3 Å². The van der Waals surface area contributed by atoms with Gasteiger partial charge in [-0.2, -0.15) is 10.4 Å².